The van der Waals surface area contributed by atoms with E-state index in [1.165, 1.54) is 126 Å². The maximum atomic E-state index is 11.7. The molecule has 1 heterocycles. The molecule has 0 saturated carbocycles. The van der Waals surface area contributed by atoms with Crippen LogP contribution < -0.4 is 10.9 Å². The van der Waals surface area contributed by atoms with Crippen LogP contribution in [0.15, 0.2) is 112 Å². The minimum Gasteiger partial charge on any atom is -0.508 e. The van der Waals surface area contributed by atoms with Gasteiger partial charge in [0.15, 0.2) is 17.2 Å². The molecular weight excluding hydrogens is 931 g/mol. The lowest BCUT2D eigenvalue weighted by molar-refractivity contribution is 0.404. The number of unbranched alkanes of at least 4 members (excludes halogenated alkanes) is 18. The Labute approximate surface area is 437 Å². The minimum atomic E-state index is -1.62. The third-order valence-electron chi connectivity index (χ3n) is 14.2. The molecular formula is C62H77BO11. The number of aryl methyl sites for hydroxylation is 2. The zero-order valence-corrected chi connectivity index (χ0v) is 43.4. The first-order chi connectivity index (χ1) is 35.8. The van der Waals surface area contributed by atoms with Crippen LogP contribution >= 0.6 is 0 Å². The highest BCUT2D eigenvalue weighted by Gasteiger charge is 2.27. The van der Waals surface area contributed by atoms with E-state index in [0.717, 1.165) is 60.8 Å². The van der Waals surface area contributed by atoms with E-state index in [-0.39, 0.29) is 46.0 Å². The van der Waals surface area contributed by atoms with Gasteiger partial charge in [0, 0.05) is 57.8 Å². The van der Waals surface area contributed by atoms with E-state index in [1.54, 1.807) is 24.3 Å². The lowest BCUT2D eigenvalue weighted by Gasteiger charge is -2.23. The molecule has 9 N–H and O–H groups in total. The number of hydrogen-bond donors (Lipinski definition) is 9. The van der Waals surface area contributed by atoms with Crippen LogP contribution in [-0.2, 0) is 12.8 Å². The number of hydrogen-bond acceptors (Lipinski definition) is 11. The van der Waals surface area contributed by atoms with Gasteiger partial charge in [0.25, 0.3) is 0 Å². The van der Waals surface area contributed by atoms with Crippen molar-refractivity contribution in [3.63, 3.8) is 0 Å². The Morgan fingerprint density at radius 3 is 1.39 bits per heavy atom. The number of phenolic OH excluding ortho intramolecular Hbond substituents is 7. The minimum absolute atomic E-state index is 0.0521. The summed E-state index contributed by atoms with van der Waals surface area (Å²) in [6.45, 7) is 4.48. The molecule has 11 nitrogen and oxygen atoms in total. The highest BCUT2D eigenvalue weighted by atomic mass is 16.4. The van der Waals surface area contributed by atoms with Crippen LogP contribution in [0, 0.1) is 0 Å². The van der Waals surface area contributed by atoms with Crippen molar-refractivity contribution in [1.82, 2.24) is 0 Å². The van der Waals surface area contributed by atoms with Gasteiger partial charge in [-0.25, -0.2) is 0 Å². The van der Waals surface area contributed by atoms with Crippen LogP contribution in [0.3, 0.4) is 0 Å². The molecule has 1 aliphatic carbocycles. The SMILES string of the molecule is CCCCCCCCCCCCc1cc(C(c2ccc(B(O)O)cc2)c2cc(CCCCCCCCCCCC)c(O)cc2O)c(O)cc1O.O=c1cc2oc3cc(O)c(O)cc3c(-c3ccccc3)c-2cc1O. The standard InChI is InChI=1S/C43H65BO6.C19H12O5/c1-3-5-7-9-11-13-15-17-19-21-23-34-29-37(41(47)31-39(34)45)43(33-25-27-36(28-26-33)44(49)50)38-30-35(40(46)32-42(38)48)24-22-20-18-16-14-12-10-8-6-4-2;20-13-6-11-17(8-15(13)22)24-18-9-16(23)14(21)7-12(18)19(11)10-4-2-1-3-5-10/h25-32,43,45-50H,3-24H2,1-2H3;1-9,20-22H. The number of phenols is 7. The molecule has 1 aliphatic heterocycles. The van der Waals surface area contributed by atoms with Gasteiger partial charge in [-0.05, 0) is 77.7 Å². The van der Waals surface area contributed by atoms with Gasteiger partial charge in [-0.2, -0.15) is 0 Å². The summed E-state index contributed by atoms with van der Waals surface area (Å²) in [7, 11) is -1.62. The second kappa shape index (κ2) is 28.7. The molecule has 0 saturated heterocycles. The maximum Gasteiger partial charge on any atom is 0.488 e. The second-order valence-electron chi connectivity index (χ2n) is 19.9. The Kier molecular flexibility index (Phi) is 22.0. The topological polar surface area (TPSA) is 212 Å². The van der Waals surface area contributed by atoms with E-state index in [2.05, 4.69) is 13.8 Å². The van der Waals surface area contributed by atoms with E-state index < -0.39 is 18.5 Å². The van der Waals surface area contributed by atoms with Crippen molar-refractivity contribution < 1.29 is 50.2 Å². The van der Waals surface area contributed by atoms with Gasteiger partial charge in [-0.1, -0.05) is 184 Å². The van der Waals surface area contributed by atoms with E-state index in [4.69, 9.17) is 4.42 Å². The van der Waals surface area contributed by atoms with E-state index in [1.807, 2.05) is 42.5 Å². The Bertz CT molecular complexity index is 2780. The first-order valence-corrected chi connectivity index (χ1v) is 27.1. The number of benzene rings is 6. The molecule has 0 radical (unpaired) electrons. The van der Waals surface area contributed by atoms with Crippen molar-refractivity contribution in [3.8, 4) is 62.7 Å². The largest absolute Gasteiger partial charge is 0.508 e. The summed E-state index contributed by atoms with van der Waals surface area (Å²) < 4.78 is 5.70. The predicted octanol–water partition coefficient (Wildman–Crippen LogP) is 14.0. The quantitative estimate of drug-likeness (QED) is 0.00777. The molecule has 0 atom stereocenters. The van der Waals surface area contributed by atoms with Crippen molar-refractivity contribution >= 4 is 23.6 Å². The zero-order valence-electron chi connectivity index (χ0n) is 43.4. The van der Waals surface area contributed by atoms with Gasteiger partial charge in [-0.15, -0.1) is 0 Å². The smallest absolute Gasteiger partial charge is 0.488 e. The van der Waals surface area contributed by atoms with Crippen molar-refractivity contribution in [1.29, 1.82) is 0 Å². The van der Waals surface area contributed by atoms with Crippen molar-refractivity contribution in [3.05, 3.63) is 141 Å². The zero-order chi connectivity index (χ0) is 53.0. The van der Waals surface area contributed by atoms with Crippen LogP contribution in [-0.4, -0.2) is 52.9 Å². The summed E-state index contributed by atoms with van der Waals surface area (Å²) in [4.78, 5) is 11.7. The van der Waals surface area contributed by atoms with Crippen LogP contribution in [0.4, 0.5) is 0 Å². The van der Waals surface area contributed by atoms with Crippen molar-refractivity contribution in [2.45, 2.75) is 161 Å². The fraction of sp³-hybridized carbons (Fsp3) is 0.403. The van der Waals surface area contributed by atoms with Crippen LogP contribution in [0.1, 0.15) is 176 Å². The lowest BCUT2D eigenvalue weighted by atomic mass is 9.77. The maximum absolute atomic E-state index is 11.7. The second-order valence-corrected chi connectivity index (χ2v) is 19.9. The Balaban J connectivity index is 0.000000305. The average Bonchev–Trinajstić information content (AvgIpc) is 3.38. The normalized spacial score (nSPS) is 11.4. The molecule has 12 heteroatoms. The molecule has 7 rings (SSSR count). The van der Waals surface area contributed by atoms with Gasteiger partial charge < -0.3 is 50.2 Å². The van der Waals surface area contributed by atoms with Crippen LogP contribution in [0.5, 0.6) is 40.2 Å². The molecule has 0 spiro atoms. The molecule has 0 unspecified atom stereocenters. The molecule has 0 bridgehead atoms. The van der Waals surface area contributed by atoms with Gasteiger partial charge in [-0.3, -0.25) is 4.79 Å². The van der Waals surface area contributed by atoms with Gasteiger partial charge in [0.05, 0.1) is 0 Å². The molecule has 5 aromatic carbocycles. The third-order valence-corrected chi connectivity index (χ3v) is 14.2. The van der Waals surface area contributed by atoms with Gasteiger partial charge >= 0.3 is 7.12 Å². The summed E-state index contributed by atoms with van der Waals surface area (Å²) in [6, 6.07) is 27.8. The summed E-state index contributed by atoms with van der Waals surface area (Å²) >= 11 is 0. The average molecular weight is 1010 g/mol. The van der Waals surface area contributed by atoms with E-state index in [9.17, 15) is 50.6 Å². The Morgan fingerprint density at radius 2 is 0.919 bits per heavy atom. The highest BCUT2D eigenvalue weighted by Crippen LogP contribution is 2.46. The fourth-order valence-corrected chi connectivity index (χ4v) is 9.98. The Hall–Kier alpha value is -6.63. The van der Waals surface area contributed by atoms with Crippen molar-refractivity contribution in [2.24, 2.45) is 0 Å². The molecule has 394 valence electrons. The molecule has 0 fully saturated rings. The van der Waals surface area contributed by atoms with Crippen LogP contribution in [0.25, 0.3) is 33.4 Å². The first-order valence-electron chi connectivity index (χ1n) is 27.1. The highest BCUT2D eigenvalue weighted by molar-refractivity contribution is 6.58. The lowest BCUT2D eigenvalue weighted by Crippen LogP contribution is -2.29. The summed E-state index contributed by atoms with van der Waals surface area (Å²) in [5.74, 6) is -1.38. The number of fused-ring (bicyclic) bond motifs is 2. The summed E-state index contributed by atoms with van der Waals surface area (Å²) in [6.07, 6.45) is 25.7. The monoisotopic (exact) mass is 1010 g/mol. The molecule has 0 amide bonds. The summed E-state index contributed by atoms with van der Waals surface area (Å²) in [5, 5.41) is 93.6. The van der Waals surface area contributed by atoms with Gasteiger partial charge in [0.2, 0.25) is 5.43 Å². The Morgan fingerprint density at radius 1 is 0.459 bits per heavy atom. The molecule has 5 aromatic rings. The fourth-order valence-electron chi connectivity index (χ4n) is 9.98. The molecule has 0 aromatic heterocycles. The summed E-state index contributed by atoms with van der Waals surface area (Å²) in [5.41, 5.74) is 5.45. The first kappa shape index (κ1) is 56.7. The van der Waals surface area contributed by atoms with E-state index in [0.29, 0.717) is 51.5 Å². The van der Waals surface area contributed by atoms with Gasteiger partial charge in [0.1, 0.15) is 34.3 Å². The van der Waals surface area contributed by atoms with Crippen LogP contribution in [0.2, 0.25) is 0 Å². The number of aromatic hydroxyl groups is 7. The molecule has 74 heavy (non-hydrogen) atoms. The predicted molar refractivity (Wildman–Crippen MR) is 297 cm³/mol. The third kappa shape index (κ3) is 15.7. The number of rotatable bonds is 27. The molecule has 2 aliphatic rings. The van der Waals surface area contributed by atoms with Crippen molar-refractivity contribution in [2.75, 3.05) is 0 Å². The van der Waals surface area contributed by atoms with E-state index >= 15 is 0 Å².